The standard InChI is InChI=1S/C11H15ClO4/c1-7(12)11(9(15)16)5-3-4-10(2,6-11)8(13)14/h3-4,7H,5-6H2,1-2H3,(H,13,14)(H,15,16). The van der Waals surface area contributed by atoms with Crippen LogP contribution in [0.15, 0.2) is 12.2 Å². The molecule has 1 aliphatic carbocycles. The van der Waals surface area contributed by atoms with Gasteiger partial charge in [0.25, 0.3) is 0 Å². The van der Waals surface area contributed by atoms with Gasteiger partial charge in [0.05, 0.1) is 10.8 Å². The Hall–Kier alpha value is -1.03. The number of halogens is 1. The minimum Gasteiger partial charge on any atom is -0.481 e. The van der Waals surface area contributed by atoms with Gasteiger partial charge in [-0.3, -0.25) is 9.59 Å². The van der Waals surface area contributed by atoms with Crippen LogP contribution in [0, 0.1) is 10.8 Å². The van der Waals surface area contributed by atoms with E-state index in [1.54, 1.807) is 19.1 Å². The average Bonchev–Trinajstić information content (AvgIpc) is 2.16. The first-order valence-corrected chi connectivity index (χ1v) is 5.47. The summed E-state index contributed by atoms with van der Waals surface area (Å²) in [6, 6.07) is 0. The summed E-state index contributed by atoms with van der Waals surface area (Å²) in [6.07, 6.45) is 3.45. The van der Waals surface area contributed by atoms with E-state index in [1.807, 2.05) is 0 Å². The first-order chi connectivity index (χ1) is 7.24. The van der Waals surface area contributed by atoms with Crippen molar-refractivity contribution >= 4 is 23.5 Å². The van der Waals surface area contributed by atoms with Crippen molar-refractivity contribution in [1.82, 2.24) is 0 Å². The number of rotatable bonds is 3. The molecule has 0 amide bonds. The van der Waals surface area contributed by atoms with E-state index >= 15 is 0 Å². The molecule has 16 heavy (non-hydrogen) atoms. The predicted octanol–water partition coefficient (Wildman–Crippen LogP) is 2.13. The lowest BCUT2D eigenvalue weighted by Crippen LogP contribution is -2.46. The van der Waals surface area contributed by atoms with E-state index in [9.17, 15) is 14.7 Å². The average molecular weight is 247 g/mol. The third kappa shape index (κ3) is 1.94. The van der Waals surface area contributed by atoms with Crippen LogP contribution in [-0.2, 0) is 9.59 Å². The number of alkyl halides is 1. The summed E-state index contributed by atoms with van der Waals surface area (Å²) >= 11 is 5.93. The van der Waals surface area contributed by atoms with Crippen LogP contribution in [0.4, 0.5) is 0 Å². The summed E-state index contributed by atoms with van der Waals surface area (Å²) < 4.78 is 0. The van der Waals surface area contributed by atoms with Gasteiger partial charge in [0.1, 0.15) is 0 Å². The van der Waals surface area contributed by atoms with E-state index in [1.165, 1.54) is 6.92 Å². The maximum atomic E-state index is 11.3. The van der Waals surface area contributed by atoms with E-state index in [0.29, 0.717) is 0 Å². The molecule has 2 N–H and O–H groups in total. The lowest BCUT2D eigenvalue weighted by molar-refractivity contribution is -0.155. The number of carboxylic acid groups (broad SMARTS) is 2. The zero-order valence-corrected chi connectivity index (χ0v) is 9.99. The van der Waals surface area contributed by atoms with Crippen molar-refractivity contribution in [1.29, 1.82) is 0 Å². The van der Waals surface area contributed by atoms with Gasteiger partial charge in [-0.2, -0.15) is 0 Å². The smallest absolute Gasteiger partial charge is 0.313 e. The van der Waals surface area contributed by atoms with Crippen molar-refractivity contribution in [3.05, 3.63) is 12.2 Å². The van der Waals surface area contributed by atoms with Crippen LogP contribution in [0.3, 0.4) is 0 Å². The summed E-state index contributed by atoms with van der Waals surface area (Å²) in [6.45, 7) is 3.11. The molecule has 0 aromatic rings. The van der Waals surface area contributed by atoms with Gasteiger partial charge in [-0.15, -0.1) is 11.6 Å². The van der Waals surface area contributed by atoms with Crippen molar-refractivity contribution in [2.75, 3.05) is 0 Å². The second-order valence-electron chi connectivity index (χ2n) is 4.58. The van der Waals surface area contributed by atoms with Crippen molar-refractivity contribution < 1.29 is 19.8 Å². The lowest BCUT2D eigenvalue weighted by atomic mass is 9.65. The summed E-state index contributed by atoms with van der Waals surface area (Å²) in [5.74, 6) is -2.06. The first kappa shape index (κ1) is 13.0. The maximum absolute atomic E-state index is 11.3. The van der Waals surface area contributed by atoms with Gasteiger partial charge in [0.15, 0.2) is 0 Å². The third-order valence-corrected chi connectivity index (χ3v) is 3.74. The number of carbonyl (C=O) groups is 2. The molecule has 0 saturated heterocycles. The fourth-order valence-electron chi connectivity index (χ4n) is 2.10. The topological polar surface area (TPSA) is 74.6 Å². The summed E-state index contributed by atoms with van der Waals surface area (Å²) in [4.78, 5) is 22.4. The van der Waals surface area contributed by atoms with Gasteiger partial charge in [0.2, 0.25) is 0 Å². The molecule has 0 aliphatic heterocycles. The Bertz CT molecular complexity index is 350. The highest BCUT2D eigenvalue weighted by Crippen LogP contribution is 2.46. The number of allylic oxidation sites excluding steroid dienone is 1. The molecule has 0 heterocycles. The normalized spacial score (nSPS) is 35.7. The number of carboxylic acids is 2. The zero-order chi connectivity index (χ0) is 12.6. The fraction of sp³-hybridized carbons (Fsp3) is 0.636. The largest absolute Gasteiger partial charge is 0.481 e. The molecule has 0 radical (unpaired) electrons. The first-order valence-electron chi connectivity index (χ1n) is 5.03. The van der Waals surface area contributed by atoms with E-state index in [4.69, 9.17) is 16.7 Å². The molecule has 90 valence electrons. The summed E-state index contributed by atoms with van der Waals surface area (Å²) in [5.41, 5.74) is -2.34. The van der Waals surface area contributed by atoms with Gasteiger partial charge in [-0.05, 0) is 26.7 Å². The second-order valence-corrected chi connectivity index (χ2v) is 5.24. The van der Waals surface area contributed by atoms with Crippen LogP contribution in [0.25, 0.3) is 0 Å². The van der Waals surface area contributed by atoms with Crippen molar-refractivity contribution in [3.63, 3.8) is 0 Å². The van der Waals surface area contributed by atoms with E-state index < -0.39 is 28.1 Å². The SMILES string of the molecule is CC(Cl)C1(C(=O)O)CC=CC(C)(C(=O)O)C1. The van der Waals surface area contributed by atoms with E-state index in [0.717, 1.165) is 0 Å². The molecule has 0 spiro atoms. The third-order valence-electron chi connectivity index (χ3n) is 3.33. The molecule has 5 heteroatoms. The molecular weight excluding hydrogens is 232 g/mol. The van der Waals surface area contributed by atoms with Crippen LogP contribution in [0.2, 0.25) is 0 Å². The monoisotopic (exact) mass is 246 g/mol. The molecule has 1 aliphatic rings. The molecule has 0 bridgehead atoms. The summed E-state index contributed by atoms with van der Waals surface area (Å²) in [5, 5.41) is 17.8. The lowest BCUT2D eigenvalue weighted by Gasteiger charge is -2.39. The molecular formula is C11H15ClO4. The maximum Gasteiger partial charge on any atom is 0.313 e. The Morgan fingerprint density at radius 2 is 1.94 bits per heavy atom. The van der Waals surface area contributed by atoms with E-state index in [-0.39, 0.29) is 12.8 Å². The number of aliphatic carboxylic acids is 2. The predicted molar refractivity (Wildman–Crippen MR) is 59.5 cm³/mol. The Balaban J connectivity index is 3.15. The minimum atomic E-state index is -1.19. The van der Waals surface area contributed by atoms with Gasteiger partial charge >= 0.3 is 11.9 Å². The summed E-state index contributed by atoms with van der Waals surface area (Å²) in [7, 11) is 0. The molecule has 0 aromatic carbocycles. The molecule has 4 nitrogen and oxygen atoms in total. The Labute approximate surface area is 98.9 Å². The molecule has 3 atom stereocenters. The highest BCUT2D eigenvalue weighted by molar-refractivity contribution is 6.22. The van der Waals surface area contributed by atoms with Crippen LogP contribution in [0.5, 0.6) is 0 Å². The van der Waals surface area contributed by atoms with Gasteiger partial charge < -0.3 is 10.2 Å². The molecule has 3 unspecified atom stereocenters. The van der Waals surface area contributed by atoms with Crippen LogP contribution < -0.4 is 0 Å². The Morgan fingerprint density at radius 3 is 2.31 bits per heavy atom. The quantitative estimate of drug-likeness (QED) is 0.591. The molecule has 0 aromatic heterocycles. The van der Waals surface area contributed by atoms with Crippen LogP contribution in [-0.4, -0.2) is 27.5 Å². The van der Waals surface area contributed by atoms with Gasteiger partial charge in [-0.25, -0.2) is 0 Å². The van der Waals surface area contributed by atoms with Crippen molar-refractivity contribution in [2.45, 2.75) is 32.1 Å². The van der Waals surface area contributed by atoms with Crippen LogP contribution in [0.1, 0.15) is 26.7 Å². The van der Waals surface area contributed by atoms with Gasteiger partial charge in [-0.1, -0.05) is 12.2 Å². The Morgan fingerprint density at radius 1 is 1.38 bits per heavy atom. The fourth-order valence-corrected chi connectivity index (χ4v) is 2.36. The molecule has 0 saturated carbocycles. The zero-order valence-electron chi connectivity index (χ0n) is 9.24. The van der Waals surface area contributed by atoms with E-state index in [2.05, 4.69) is 0 Å². The van der Waals surface area contributed by atoms with Crippen LogP contribution >= 0.6 is 11.6 Å². The molecule has 1 rings (SSSR count). The number of hydrogen-bond acceptors (Lipinski definition) is 2. The Kier molecular flexibility index (Phi) is 3.33. The highest BCUT2D eigenvalue weighted by atomic mass is 35.5. The minimum absolute atomic E-state index is 0.0197. The molecule has 0 fully saturated rings. The highest BCUT2D eigenvalue weighted by Gasteiger charge is 2.51. The van der Waals surface area contributed by atoms with Crippen molar-refractivity contribution in [3.8, 4) is 0 Å². The van der Waals surface area contributed by atoms with Gasteiger partial charge in [0, 0.05) is 5.38 Å². The van der Waals surface area contributed by atoms with Crippen molar-refractivity contribution in [2.24, 2.45) is 10.8 Å². The number of hydrogen-bond donors (Lipinski definition) is 2. The second kappa shape index (κ2) is 4.09.